The molecule has 20 heavy (non-hydrogen) atoms. The molecule has 0 aliphatic carbocycles. The average Bonchev–Trinajstić information content (AvgIpc) is 2.45. The number of halogens is 1. The number of benzene rings is 2. The Hall–Kier alpha value is -2.42. The second-order valence-corrected chi connectivity index (χ2v) is 4.46. The van der Waals surface area contributed by atoms with Gasteiger partial charge in [-0.1, -0.05) is 60.7 Å². The van der Waals surface area contributed by atoms with Crippen molar-refractivity contribution in [3.63, 3.8) is 0 Å². The quantitative estimate of drug-likeness (QED) is 0.888. The Morgan fingerprint density at radius 3 is 2.40 bits per heavy atom. The predicted octanol–water partition coefficient (Wildman–Crippen LogP) is 4.10. The second-order valence-electron chi connectivity index (χ2n) is 4.46. The monoisotopic (exact) mass is 270 g/mol. The Labute approximate surface area is 117 Å². The molecule has 0 saturated carbocycles. The maximum atomic E-state index is 13.7. The van der Waals surface area contributed by atoms with E-state index in [2.05, 4.69) is 0 Å². The van der Waals surface area contributed by atoms with Crippen LogP contribution in [0.2, 0.25) is 0 Å². The van der Waals surface area contributed by atoms with Crippen molar-refractivity contribution in [1.82, 2.24) is 0 Å². The van der Waals surface area contributed by atoms with Gasteiger partial charge in [0.25, 0.3) is 0 Å². The zero-order valence-electron chi connectivity index (χ0n) is 10.9. The van der Waals surface area contributed by atoms with Gasteiger partial charge in [-0.05, 0) is 18.1 Å². The molecule has 0 aromatic heterocycles. The fraction of sp³-hybridized carbons (Fsp3) is 0.118. The topological polar surface area (TPSA) is 37.3 Å². The molecule has 0 spiro atoms. The molecule has 2 nitrogen and oxygen atoms in total. The highest BCUT2D eigenvalue weighted by Gasteiger charge is 2.21. The van der Waals surface area contributed by atoms with Crippen LogP contribution in [0.4, 0.5) is 4.39 Å². The van der Waals surface area contributed by atoms with Gasteiger partial charge in [-0.3, -0.25) is 4.79 Å². The van der Waals surface area contributed by atoms with Crippen LogP contribution in [0.15, 0.2) is 60.7 Å². The van der Waals surface area contributed by atoms with E-state index in [1.54, 1.807) is 18.2 Å². The normalized spacial score (nSPS) is 12.4. The fourth-order valence-corrected chi connectivity index (χ4v) is 2.02. The van der Waals surface area contributed by atoms with Crippen LogP contribution in [0.5, 0.6) is 0 Å². The number of hydrogen-bond donors (Lipinski definition) is 1. The Kier molecular flexibility index (Phi) is 4.66. The Morgan fingerprint density at radius 1 is 1.10 bits per heavy atom. The molecule has 0 aliphatic heterocycles. The molecule has 102 valence electrons. The molecule has 0 heterocycles. The van der Waals surface area contributed by atoms with E-state index in [0.29, 0.717) is 0 Å². The summed E-state index contributed by atoms with van der Waals surface area (Å²) in [4.78, 5) is 11.3. The lowest BCUT2D eigenvalue weighted by molar-refractivity contribution is -0.138. The van der Waals surface area contributed by atoms with Crippen molar-refractivity contribution < 1.29 is 14.3 Å². The van der Waals surface area contributed by atoms with E-state index in [1.165, 1.54) is 12.1 Å². The first kappa shape index (κ1) is 14.0. The standard InChI is InChI=1S/C17H15FO2/c18-16-12-5-4-10-14(16)15(17(19)20)11-6-9-13-7-2-1-3-8-13/h1-10,12,15H,11H2,(H,19,20). The SMILES string of the molecule is O=C(O)C(CC=Cc1ccccc1)c1ccccc1F. The Bertz CT molecular complexity index is 605. The summed E-state index contributed by atoms with van der Waals surface area (Å²) in [6, 6.07) is 15.6. The molecule has 0 amide bonds. The molecule has 0 bridgehead atoms. The molecule has 1 unspecified atom stereocenters. The van der Waals surface area contributed by atoms with Gasteiger partial charge < -0.3 is 5.11 Å². The second kappa shape index (κ2) is 6.66. The molecule has 0 saturated heterocycles. The molecule has 0 fully saturated rings. The molecule has 1 atom stereocenters. The van der Waals surface area contributed by atoms with Gasteiger partial charge in [0.1, 0.15) is 5.82 Å². The number of rotatable bonds is 5. The van der Waals surface area contributed by atoms with E-state index < -0.39 is 17.7 Å². The average molecular weight is 270 g/mol. The van der Waals surface area contributed by atoms with Crippen LogP contribution in [0.25, 0.3) is 6.08 Å². The van der Waals surface area contributed by atoms with Gasteiger partial charge in [-0.2, -0.15) is 0 Å². The molecular weight excluding hydrogens is 255 g/mol. The van der Waals surface area contributed by atoms with Gasteiger partial charge in [0, 0.05) is 5.56 Å². The minimum Gasteiger partial charge on any atom is -0.481 e. The molecule has 0 aliphatic rings. The molecule has 2 rings (SSSR count). The summed E-state index contributed by atoms with van der Waals surface area (Å²) < 4.78 is 13.7. The molecule has 3 heteroatoms. The van der Waals surface area contributed by atoms with Crippen molar-refractivity contribution >= 4 is 12.0 Å². The number of hydrogen-bond acceptors (Lipinski definition) is 1. The van der Waals surface area contributed by atoms with Crippen molar-refractivity contribution in [3.05, 3.63) is 77.6 Å². The van der Waals surface area contributed by atoms with Crippen molar-refractivity contribution in [2.75, 3.05) is 0 Å². The largest absolute Gasteiger partial charge is 0.481 e. The molecular formula is C17H15FO2. The fourth-order valence-electron chi connectivity index (χ4n) is 2.02. The lowest BCUT2D eigenvalue weighted by atomic mass is 9.95. The maximum absolute atomic E-state index is 13.7. The van der Waals surface area contributed by atoms with Crippen molar-refractivity contribution in [2.24, 2.45) is 0 Å². The molecule has 2 aromatic carbocycles. The highest BCUT2D eigenvalue weighted by molar-refractivity contribution is 5.76. The van der Waals surface area contributed by atoms with Gasteiger partial charge in [0.05, 0.1) is 5.92 Å². The van der Waals surface area contributed by atoms with Crippen LogP contribution in [0, 0.1) is 5.82 Å². The summed E-state index contributed by atoms with van der Waals surface area (Å²) in [5.74, 6) is -2.36. The van der Waals surface area contributed by atoms with Crippen molar-refractivity contribution in [1.29, 1.82) is 0 Å². The summed E-state index contributed by atoms with van der Waals surface area (Å²) in [6.07, 6.45) is 3.86. The summed E-state index contributed by atoms with van der Waals surface area (Å²) in [6.45, 7) is 0. The zero-order chi connectivity index (χ0) is 14.4. The van der Waals surface area contributed by atoms with Crippen molar-refractivity contribution in [3.8, 4) is 0 Å². The number of carbonyl (C=O) groups is 1. The van der Waals surface area contributed by atoms with E-state index in [4.69, 9.17) is 0 Å². The maximum Gasteiger partial charge on any atom is 0.311 e. The smallest absolute Gasteiger partial charge is 0.311 e. The lowest BCUT2D eigenvalue weighted by Gasteiger charge is -2.11. The third kappa shape index (κ3) is 3.54. The van der Waals surface area contributed by atoms with Crippen LogP contribution in [0.1, 0.15) is 23.5 Å². The summed E-state index contributed by atoms with van der Waals surface area (Å²) in [5.41, 5.74) is 1.21. The summed E-state index contributed by atoms with van der Waals surface area (Å²) >= 11 is 0. The van der Waals surface area contributed by atoms with E-state index in [9.17, 15) is 14.3 Å². The highest BCUT2D eigenvalue weighted by atomic mass is 19.1. The zero-order valence-corrected chi connectivity index (χ0v) is 10.9. The first-order chi connectivity index (χ1) is 9.68. The number of aliphatic carboxylic acids is 1. The first-order valence-electron chi connectivity index (χ1n) is 6.37. The van der Waals surface area contributed by atoms with Crippen LogP contribution in [-0.2, 0) is 4.79 Å². The number of carboxylic acids is 1. The van der Waals surface area contributed by atoms with E-state index >= 15 is 0 Å². The molecule has 0 radical (unpaired) electrons. The predicted molar refractivity (Wildman–Crippen MR) is 76.9 cm³/mol. The number of carboxylic acid groups (broad SMARTS) is 1. The van der Waals surface area contributed by atoms with Gasteiger partial charge in [0.15, 0.2) is 0 Å². The number of allylic oxidation sites excluding steroid dienone is 1. The third-order valence-corrected chi connectivity index (χ3v) is 3.06. The van der Waals surface area contributed by atoms with Gasteiger partial charge in [0.2, 0.25) is 0 Å². The Morgan fingerprint density at radius 2 is 1.75 bits per heavy atom. The van der Waals surface area contributed by atoms with E-state index in [1.807, 2.05) is 36.4 Å². The van der Waals surface area contributed by atoms with E-state index in [-0.39, 0.29) is 12.0 Å². The van der Waals surface area contributed by atoms with Gasteiger partial charge in [-0.15, -0.1) is 0 Å². The van der Waals surface area contributed by atoms with Crippen molar-refractivity contribution in [2.45, 2.75) is 12.3 Å². The summed E-state index contributed by atoms with van der Waals surface area (Å²) in [7, 11) is 0. The molecule has 2 aromatic rings. The highest BCUT2D eigenvalue weighted by Crippen LogP contribution is 2.23. The van der Waals surface area contributed by atoms with Crippen LogP contribution in [-0.4, -0.2) is 11.1 Å². The van der Waals surface area contributed by atoms with Crippen LogP contribution >= 0.6 is 0 Å². The first-order valence-corrected chi connectivity index (χ1v) is 6.37. The third-order valence-electron chi connectivity index (χ3n) is 3.06. The minimum atomic E-state index is -1.02. The lowest BCUT2D eigenvalue weighted by Crippen LogP contribution is -2.12. The van der Waals surface area contributed by atoms with Gasteiger partial charge >= 0.3 is 5.97 Å². The van der Waals surface area contributed by atoms with E-state index in [0.717, 1.165) is 5.56 Å². The summed E-state index contributed by atoms with van der Waals surface area (Å²) in [5, 5.41) is 9.25. The van der Waals surface area contributed by atoms with Crippen LogP contribution < -0.4 is 0 Å². The van der Waals surface area contributed by atoms with Crippen LogP contribution in [0.3, 0.4) is 0 Å². The van der Waals surface area contributed by atoms with Gasteiger partial charge in [-0.25, -0.2) is 4.39 Å². The Balaban J connectivity index is 2.14. The minimum absolute atomic E-state index is 0.220. The molecule has 1 N–H and O–H groups in total.